The van der Waals surface area contributed by atoms with Crippen LogP contribution in [-0.2, 0) is 14.5 Å². The molecule has 1 rings (SSSR count). The molecule has 0 aromatic carbocycles. The lowest BCUT2D eigenvalue weighted by molar-refractivity contribution is -0.279. The first kappa shape index (κ1) is 6.99. The smallest absolute Gasteiger partial charge is 0.0873 e. The summed E-state index contributed by atoms with van der Waals surface area (Å²) >= 11 is 0. The largest absolute Gasteiger partial charge is 0.381 e. The topological polar surface area (TPSA) is 27.7 Å². The van der Waals surface area contributed by atoms with Gasteiger partial charge in [-0.2, -0.15) is 0 Å². The summed E-state index contributed by atoms with van der Waals surface area (Å²) in [4.78, 5) is 9.19. The molecule has 3 nitrogen and oxygen atoms in total. The van der Waals surface area contributed by atoms with E-state index in [0.717, 1.165) is 19.6 Å². The second-order valence-electron chi connectivity index (χ2n) is 2.18. The summed E-state index contributed by atoms with van der Waals surface area (Å²) in [5.41, 5.74) is 0. The van der Waals surface area contributed by atoms with E-state index in [1.54, 1.807) is 0 Å². The molecule has 1 heterocycles. The van der Waals surface area contributed by atoms with Crippen LogP contribution in [0, 0.1) is 5.92 Å². The lowest BCUT2D eigenvalue weighted by Gasteiger charge is -2.03. The zero-order valence-corrected chi connectivity index (χ0v) is 5.63. The number of hydrogen-bond acceptors (Lipinski definition) is 3. The number of rotatable bonds is 3. The highest BCUT2D eigenvalue weighted by Gasteiger charge is 2.15. The van der Waals surface area contributed by atoms with E-state index in [0.29, 0.717) is 12.5 Å². The predicted molar refractivity (Wildman–Crippen MR) is 31.9 cm³/mol. The maximum atomic E-state index is 5.12. The van der Waals surface area contributed by atoms with E-state index < -0.39 is 0 Å². The fourth-order valence-corrected chi connectivity index (χ4v) is 0.879. The zero-order chi connectivity index (χ0) is 6.53. The van der Waals surface area contributed by atoms with E-state index in [-0.39, 0.29) is 0 Å². The normalized spacial score (nSPS) is 27.0. The molecular weight excluding hydrogens is 120 g/mol. The maximum Gasteiger partial charge on any atom is 0.0873 e. The Labute approximate surface area is 54.8 Å². The third-order valence-electron chi connectivity index (χ3n) is 1.45. The van der Waals surface area contributed by atoms with Gasteiger partial charge in [0, 0.05) is 12.5 Å². The van der Waals surface area contributed by atoms with Crippen LogP contribution in [0.25, 0.3) is 0 Å². The van der Waals surface area contributed by atoms with Gasteiger partial charge in [-0.1, -0.05) is 0 Å². The summed E-state index contributed by atoms with van der Waals surface area (Å²) in [5.74, 6) is 0.546. The molecule has 0 radical (unpaired) electrons. The molecule has 0 bridgehead atoms. The molecule has 0 aromatic heterocycles. The summed E-state index contributed by atoms with van der Waals surface area (Å²) in [6, 6.07) is 0. The van der Waals surface area contributed by atoms with Crippen molar-refractivity contribution >= 4 is 0 Å². The Kier molecular flexibility index (Phi) is 2.97. The van der Waals surface area contributed by atoms with Crippen molar-refractivity contribution in [2.24, 2.45) is 5.92 Å². The highest BCUT2D eigenvalue weighted by atomic mass is 17.2. The second-order valence-corrected chi connectivity index (χ2v) is 2.18. The molecule has 1 aliphatic rings. The Morgan fingerprint density at radius 3 is 3.11 bits per heavy atom. The van der Waals surface area contributed by atoms with Crippen LogP contribution in [0.5, 0.6) is 0 Å². The molecule has 54 valence electrons. The lowest BCUT2D eigenvalue weighted by Crippen LogP contribution is -2.08. The van der Waals surface area contributed by atoms with Gasteiger partial charge in [0.25, 0.3) is 0 Å². The van der Waals surface area contributed by atoms with Gasteiger partial charge in [-0.15, -0.1) is 0 Å². The van der Waals surface area contributed by atoms with Gasteiger partial charge >= 0.3 is 0 Å². The fraction of sp³-hybridized carbons (Fsp3) is 1.00. The van der Waals surface area contributed by atoms with Gasteiger partial charge in [-0.3, -0.25) is 0 Å². The predicted octanol–water partition coefficient (Wildman–Crippen LogP) is 0.601. The molecule has 0 aromatic rings. The van der Waals surface area contributed by atoms with Crippen LogP contribution in [0.3, 0.4) is 0 Å². The van der Waals surface area contributed by atoms with Crippen LogP contribution in [0.2, 0.25) is 0 Å². The monoisotopic (exact) mass is 132 g/mol. The first-order valence-electron chi connectivity index (χ1n) is 3.17. The van der Waals surface area contributed by atoms with Crippen LogP contribution in [0.15, 0.2) is 0 Å². The minimum absolute atomic E-state index is 0.546. The third-order valence-corrected chi connectivity index (χ3v) is 1.45. The molecule has 9 heavy (non-hydrogen) atoms. The average molecular weight is 132 g/mol. The fourth-order valence-electron chi connectivity index (χ4n) is 0.879. The molecule has 0 aliphatic carbocycles. The summed E-state index contributed by atoms with van der Waals surface area (Å²) in [7, 11) is 1.52. The zero-order valence-electron chi connectivity index (χ0n) is 5.63. The van der Waals surface area contributed by atoms with Crippen LogP contribution in [-0.4, -0.2) is 26.9 Å². The van der Waals surface area contributed by atoms with Crippen molar-refractivity contribution in [1.82, 2.24) is 0 Å². The highest BCUT2D eigenvalue weighted by Crippen LogP contribution is 2.11. The average Bonchev–Trinajstić information content (AvgIpc) is 2.34. The van der Waals surface area contributed by atoms with Gasteiger partial charge in [0.1, 0.15) is 0 Å². The Morgan fingerprint density at radius 2 is 2.56 bits per heavy atom. The Hall–Kier alpha value is -0.120. The SMILES string of the molecule is COOCC1CCOC1. The summed E-state index contributed by atoms with van der Waals surface area (Å²) in [6.07, 6.45) is 1.10. The molecule has 1 fully saturated rings. The number of hydrogen-bond donors (Lipinski definition) is 0. The maximum absolute atomic E-state index is 5.12. The first-order chi connectivity index (χ1) is 4.43. The quantitative estimate of drug-likeness (QED) is 0.415. The van der Waals surface area contributed by atoms with Gasteiger partial charge in [-0.25, -0.2) is 9.78 Å². The summed E-state index contributed by atoms with van der Waals surface area (Å²) in [6.45, 7) is 2.36. The summed E-state index contributed by atoms with van der Waals surface area (Å²) in [5, 5.41) is 0. The van der Waals surface area contributed by atoms with Crippen LogP contribution in [0.1, 0.15) is 6.42 Å². The molecule has 0 saturated carbocycles. The van der Waals surface area contributed by atoms with Crippen LogP contribution >= 0.6 is 0 Å². The van der Waals surface area contributed by atoms with E-state index in [4.69, 9.17) is 9.62 Å². The molecule has 0 amide bonds. The van der Waals surface area contributed by atoms with Gasteiger partial charge in [-0.05, 0) is 6.42 Å². The molecule has 0 spiro atoms. The minimum atomic E-state index is 0.546. The van der Waals surface area contributed by atoms with E-state index in [1.807, 2.05) is 0 Å². The van der Waals surface area contributed by atoms with Crippen LogP contribution in [0.4, 0.5) is 0 Å². The molecule has 1 aliphatic heterocycles. The van der Waals surface area contributed by atoms with E-state index in [9.17, 15) is 0 Å². The third kappa shape index (κ3) is 2.30. The Morgan fingerprint density at radius 1 is 1.67 bits per heavy atom. The van der Waals surface area contributed by atoms with Gasteiger partial charge in [0.05, 0.1) is 20.3 Å². The van der Waals surface area contributed by atoms with Crippen molar-refractivity contribution in [2.75, 3.05) is 26.9 Å². The molecule has 1 atom stereocenters. The molecule has 1 saturated heterocycles. The number of ether oxygens (including phenoxy) is 1. The van der Waals surface area contributed by atoms with Crippen molar-refractivity contribution in [3.8, 4) is 0 Å². The van der Waals surface area contributed by atoms with E-state index in [2.05, 4.69) is 4.89 Å². The van der Waals surface area contributed by atoms with E-state index >= 15 is 0 Å². The van der Waals surface area contributed by atoms with Crippen molar-refractivity contribution in [3.05, 3.63) is 0 Å². The molecule has 3 heteroatoms. The Balaban J connectivity index is 1.98. The van der Waals surface area contributed by atoms with Crippen molar-refractivity contribution in [3.63, 3.8) is 0 Å². The van der Waals surface area contributed by atoms with Crippen molar-refractivity contribution in [1.29, 1.82) is 0 Å². The van der Waals surface area contributed by atoms with Crippen LogP contribution < -0.4 is 0 Å². The second kappa shape index (κ2) is 3.82. The van der Waals surface area contributed by atoms with E-state index in [1.165, 1.54) is 7.11 Å². The lowest BCUT2D eigenvalue weighted by atomic mass is 10.1. The molecule has 1 unspecified atom stereocenters. The summed E-state index contributed by atoms with van der Waals surface area (Å²) < 4.78 is 5.12. The Bertz CT molecular complexity index is 68.7. The highest BCUT2D eigenvalue weighted by molar-refractivity contribution is 4.61. The van der Waals surface area contributed by atoms with Gasteiger partial charge < -0.3 is 4.74 Å². The molecular formula is C6H12O3. The van der Waals surface area contributed by atoms with Crippen molar-refractivity contribution < 1.29 is 14.5 Å². The first-order valence-corrected chi connectivity index (χ1v) is 3.17. The van der Waals surface area contributed by atoms with Gasteiger partial charge in [0.2, 0.25) is 0 Å². The standard InChI is InChI=1S/C6H12O3/c1-7-9-5-6-2-3-8-4-6/h6H,2-5H2,1H3. The molecule has 0 N–H and O–H groups in total. The van der Waals surface area contributed by atoms with Crippen molar-refractivity contribution in [2.45, 2.75) is 6.42 Å². The minimum Gasteiger partial charge on any atom is -0.381 e. The van der Waals surface area contributed by atoms with Gasteiger partial charge in [0.15, 0.2) is 0 Å².